The predicted octanol–water partition coefficient (Wildman–Crippen LogP) is 2.28. The summed E-state index contributed by atoms with van der Waals surface area (Å²) in [5, 5.41) is 13.0. The largest absolute Gasteiger partial charge is 0.473 e. The number of alkyl halides is 2. The highest BCUT2D eigenvalue weighted by molar-refractivity contribution is 7.47. The van der Waals surface area contributed by atoms with Crippen LogP contribution in [0.4, 0.5) is 13.2 Å². The lowest BCUT2D eigenvalue weighted by atomic mass is 10.0. The second-order valence-electron chi connectivity index (χ2n) is 8.97. The Morgan fingerprint density at radius 1 is 1.21 bits per heavy atom. The lowest BCUT2D eigenvalue weighted by Gasteiger charge is -2.36. The van der Waals surface area contributed by atoms with Crippen LogP contribution >= 0.6 is 7.82 Å². The molecule has 2 aromatic rings. The fraction of sp³-hybridized carbons (Fsp3) is 0.375. The Morgan fingerprint density at radius 3 is 2.56 bits per heavy atom. The molecule has 2 aromatic carbocycles. The van der Waals surface area contributed by atoms with Crippen LogP contribution < -0.4 is 5.32 Å². The number of halogens is 3. The SMILES string of the molecule is COP(=O)(O)OCN1C(=O)CCC(N2Cc3cc(CNC(=O)C(F)(F)c4ccc(F)cc4)ccc3C2O)C1=O. The van der Waals surface area contributed by atoms with Crippen LogP contribution in [-0.2, 0) is 47.0 Å². The number of carbonyl (C=O) groups is 3. The number of nitrogens with one attached hydrogen (secondary N) is 1. The van der Waals surface area contributed by atoms with Gasteiger partial charge < -0.3 is 15.3 Å². The minimum Gasteiger partial charge on any atom is -0.374 e. The highest BCUT2D eigenvalue weighted by Crippen LogP contribution is 2.42. The van der Waals surface area contributed by atoms with E-state index in [1.807, 2.05) is 0 Å². The van der Waals surface area contributed by atoms with Gasteiger partial charge in [0.05, 0.1) is 6.04 Å². The van der Waals surface area contributed by atoms with Crippen molar-refractivity contribution < 1.29 is 51.2 Å². The second kappa shape index (κ2) is 11.2. The first-order valence-corrected chi connectivity index (χ1v) is 13.2. The van der Waals surface area contributed by atoms with E-state index in [1.54, 1.807) is 12.1 Å². The number of hydrogen-bond acceptors (Lipinski definition) is 8. The molecule has 3 amide bonds. The van der Waals surface area contributed by atoms with Gasteiger partial charge in [-0.05, 0) is 47.4 Å². The van der Waals surface area contributed by atoms with Crippen molar-refractivity contribution in [3.63, 3.8) is 0 Å². The molecule has 1 saturated heterocycles. The van der Waals surface area contributed by atoms with Gasteiger partial charge in [0.25, 0.3) is 5.91 Å². The van der Waals surface area contributed by atoms with Crippen LogP contribution in [0, 0.1) is 5.82 Å². The van der Waals surface area contributed by atoms with Gasteiger partial charge in [0.2, 0.25) is 11.8 Å². The van der Waals surface area contributed by atoms with Crippen molar-refractivity contribution in [2.75, 3.05) is 13.8 Å². The molecule has 3 unspecified atom stereocenters. The summed E-state index contributed by atoms with van der Waals surface area (Å²) in [5.41, 5.74) is 0.817. The molecule has 0 saturated carbocycles. The van der Waals surface area contributed by atoms with E-state index in [2.05, 4.69) is 14.4 Å². The molecule has 4 rings (SSSR count). The molecule has 0 spiro atoms. The monoisotopic (exact) mass is 571 g/mol. The number of amides is 3. The molecule has 2 aliphatic heterocycles. The van der Waals surface area contributed by atoms with Crippen molar-refractivity contribution in [3.8, 4) is 0 Å². The molecule has 2 aliphatic rings. The first kappa shape index (κ1) is 28.9. The third-order valence-electron chi connectivity index (χ3n) is 6.56. The molecular weight excluding hydrogens is 546 g/mol. The van der Waals surface area contributed by atoms with Gasteiger partial charge in [0.15, 0.2) is 0 Å². The number of piperidine rings is 1. The van der Waals surface area contributed by atoms with E-state index < -0.39 is 61.8 Å². The zero-order chi connectivity index (χ0) is 28.5. The molecule has 2 heterocycles. The summed E-state index contributed by atoms with van der Waals surface area (Å²) in [6, 6.07) is 7.02. The highest BCUT2D eigenvalue weighted by Gasteiger charge is 2.44. The van der Waals surface area contributed by atoms with E-state index in [4.69, 9.17) is 0 Å². The number of phosphoric acid groups is 1. The molecule has 0 bridgehead atoms. The highest BCUT2D eigenvalue weighted by atomic mass is 31.2. The van der Waals surface area contributed by atoms with E-state index >= 15 is 0 Å². The number of nitrogens with zero attached hydrogens (tertiary/aromatic N) is 2. The number of aliphatic hydroxyl groups excluding tert-OH is 1. The minimum absolute atomic E-state index is 0.0693. The maximum atomic E-state index is 14.5. The van der Waals surface area contributed by atoms with Crippen molar-refractivity contribution in [1.82, 2.24) is 15.1 Å². The molecule has 0 aliphatic carbocycles. The maximum absolute atomic E-state index is 14.5. The quantitative estimate of drug-likeness (QED) is 0.305. The van der Waals surface area contributed by atoms with Crippen molar-refractivity contribution in [2.45, 2.75) is 44.1 Å². The molecule has 3 atom stereocenters. The molecular formula is C24H25F3N3O8P. The Kier molecular flexibility index (Phi) is 8.26. The Hall–Kier alpha value is -3.13. The van der Waals surface area contributed by atoms with Gasteiger partial charge in [-0.3, -0.25) is 33.2 Å². The third kappa shape index (κ3) is 6.06. The molecule has 0 aromatic heterocycles. The lowest BCUT2D eigenvalue weighted by molar-refractivity contribution is -0.160. The van der Waals surface area contributed by atoms with Crippen LogP contribution in [0.5, 0.6) is 0 Å². The van der Waals surface area contributed by atoms with E-state index in [1.165, 1.54) is 11.0 Å². The zero-order valence-corrected chi connectivity index (χ0v) is 21.4. The number of aliphatic hydroxyl groups is 1. The van der Waals surface area contributed by atoms with Gasteiger partial charge in [-0.2, -0.15) is 8.78 Å². The van der Waals surface area contributed by atoms with Gasteiger partial charge in [-0.15, -0.1) is 0 Å². The second-order valence-corrected chi connectivity index (χ2v) is 10.5. The van der Waals surface area contributed by atoms with Crippen LogP contribution in [-0.4, -0.2) is 57.4 Å². The van der Waals surface area contributed by atoms with Gasteiger partial charge in [-0.1, -0.05) is 18.2 Å². The van der Waals surface area contributed by atoms with Crippen molar-refractivity contribution in [2.24, 2.45) is 0 Å². The van der Waals surface area contributed by atoms with E-state index in [0.29, 0.717) is 21.6 Å². The number of likely N-dealkylation sites (tertiary alicyclic amines) is 1. The lowest BCUT2D eigenvalue weighted by Crippen LogP contribution is -2.54. The topological polar surface area (TPSA) is 146 Å². The number of rotatable bonds is 9. The first-order chi connectivity index (χ1) is 18.3. The van der Waals surface area contributed by atoms with Crippen LogP contribution in [0.3, 0.4) is 0 Å². The number of carbonyl (C=O) groups excluding carboxylic acids is 3. The van der Waals surface area contributed by atoms with Crippen LogP contribution in [0.25, 0.3) is 0 Å². The number of hydrogen-bond donors (Lipinski definition) is 3. The van der Waals surface area contributed by atoms with Crippen LogP contribution in [0.15, 0.2) is 42.5 Å². The summed E-state index contributed by atoms with van der Waals surface area (Å²) in [4.78, 5) is 49.0. The zero-order valence-electron chi connectivity index (χ0n) is 20.6. The van der Waals surface area contributed by atoms with Gasteiger partial charge in [0, 0.05) is 32.2 Å². The summed E-state index contributed by atoms with van der Waals surface area (Å²) in [6.07, 6.45) is -1.22. The minimum atomic E-state index is -4.45. The molecule has 210 valence electrons. The van der Waals surface area contributed by atoms with Crippen molar-refractivity contribution >= 4 is 25.5 Å². The Balaban J connectivity index is 1.42. The first-order valence-electron chi connectivity index (χ1n) is 11.7. The Bertz CT molecular complexity index is 1330. The van der Waals surface area contributed by atoms with Gasteiger partial charge in [-0.25, -0.2) is 8.96 Å². The van der Waals surface area contributed by atoms with Crippen LogP contribution in [0.1, 0.15) is 41.3 Å². The Labute approximate surface area is 220 Å². The average molecular weight is 571 g/mol. The summed E-state index contributed by atoms with van der Waals surface area (Å²) >= 11 is 0. The number of fused-ring (bicyclic) bond motifs is 1. The fourth-order valence-electron chi connectivity index (χ4n) is 4.43. The Morgan fingerprint density at radius 2 is 1.90 bits per heavy atom. The summed E-state index contributed by atoms with van der Waals surface area (Å²) in [6.45, 7) is -0.999. The molecule has 0 radical (unpaired) electrons. The molecule has 15 heteroatoms. The smallest absolute Gasteiger partial charge is 0.374 e. The molecule has 3 N–H and O–H groups in total. The van der Waals surface area contributed by atoms with Crippen molar-refractivity contribution in [1.29, 1.82) is 0 Å². The number of benzene rings is 2. The summed E-state index contributed by atoms with van der Waals surface area (Å²) in [7, 11) is -3.52. The van der Waals surface area contributed by atoms with E-state index in [-0.39, 0.29) is 25.9 Å². The predicted molar refractivity (Wildman–Crippen MR) is 127 cm³/mol. The van der Waals surface area contributed by atoms with Crippen molar-refractivity contribution in [3.05, 3.63) is 70.5 Å². The molecule has 11 nitrogen and oxygen atoms in total. The fourth-order valence-corrected chi connectivity index (χ4v) is 4.80. The van der Waals surface area contributed by atoms with Gasteiger partial charge in [0.1, 0.15) is 18.8 Å². The van der Waals surface area contributed by atoms with Crippen LogP contribution in [0.2, 0.25) is 0 Å². The third-order valence-corrected chi connectivity index (χ3v) is 7.47. The summed E-state index contributed by atoms with van der Waals surface area (Å²) in [5.74, 6) is -7.52. The van der Waals surface area contributed by atoms with E-state index in [0.717, 1.165) is 31.4 Å². The normalized spacial score (nSPS) is 21.5. The molecule has 1 fully saturated rings. The summed E-state index contributed by atoms with van der Waals surface area (Å²) < 4.78 is 62.5. The van der Waals surface area contributed by atoms with E-state index in [9.17, 15) is 42.1 Å². The number of imide groups is 1. The standard InChI is InChI=1S/C24H25F3N3O8P/c1-37-39(35,36)38-13-30-20(31)9-8-19(22(30)33)29-12-15-10-14(2-7-18(15)21(29)32)11-28-23(34)24(26,27)16-3-5-17(25)6-4-16/h2-7,10,19,21,32H,8-9,11-13H2,1H3,(H,28,34)(H,35,36). The maximum Gasteiger partial charge on any atom is 0.473 e. The molecule has 39 heavy (non-hydrogen) atoms. The van der Waals surface area contributed by atoms with Gasteiger partial charge >= 0.3 is 13.7 Å². The number of phosphoric ester groups is 1. The average Bonchev–Trinajstić information content (AvgIpc) is 3.22.